The number of anilines is 1. The first kappa shape index (κ1) is 20.4. The summed E-state index contributed by atoms with van der Waals surface area (Å²) in [5, 5.41) is 6.72. The first-order chi connectivity index (χ1) is 15.0. The molecule has 0 saturated heterocycles. The fourth-order valence-corrected chi connectivity index (χ4v) is 3.39. The van der Waals surface area contributed by atoms with Crippen molar-refractivity contribution < 1.29 is 23.6 Å². The Morgan fingerprint density at radius 2 is 1.87 bits per heavy atom. The normalized spacial score (nSPS) is 12.9. The van der Waals surface area contributed by atoms with Crippen LogP contribution in [0.3, 0.4) is 0 Å². The molecule has 0 saturated carbocycles. The highest BCUT2D eigenvalue weighted by Gasteiger charge is 2.35. The van der Waals surface area contributed by atoms with Gasteiger partial charge < -0.3 is 14.6 Å². The lowest BCUT2D eigenvalue weighted by Gasteiger charge is -2.12. The maximum Gasteiger partial charge on any atom is 0.261 e. The molecule has 0 aliphatic carbocycles. The van der Waals surface area contributed by atoms with Gasteiger partial charge in [-0.1, -0.05) is 17.3 Å². The molecule has 1 N–H and O–H groups in total. The number of ether oxygens (including phenoxy) is 1. The first-order valence-corrected chi connectivity index (χ1v) is 9.70. The molecule has 3 amide bonds. The quantitative estimate of drug-likeness (QED) is 0.462. The van der Waals surface area contributed by atoms with E-state index in [0.717, 1.165) is 0 Å². The second kappa shape index (κ2) is 8.49. The van der Waals surface area contributed by atoms with E-state index in [-0.39, 0.29) is 23.6 Å². The molecule has 0 bridgehead atoms. The minimum absolute atomic E-state index is 0.220. The lowest BCUT2D eigenvalue weighted by molar-refractivity contribution is 0.0638. The molecule has 158 valence electrons. The van der Waals surface area contributed by atoms with Crippen LogP contribution in [0.5, 0.6) is 0 Å². The van der Waals surface area contributed by atoms with Crippen LogP contribution < -0.4 is 5.32 Å². The van der Waals surface area contributed by atoms with Crippen molar-refractivity contribution >= 4 is 23.4 Å². The monoisotopic (exact) mass is 420 g/mol. The zero-order valence-corrected chi connectivity index (χ0v) is 17.0. The van der Waals surface area contributed by atoms with Crippen molar-refractivity contribution in [2.45, 2.75) is 13.3 Å². The number of hydrogen-bond donors (Lipinski definition) is 1. The number of amides is 3. The Bertz CT molecular complexity index is 1170. The minimum atomic E-state index is -0.423. The van der Waals surface area contributed by atoms with E-state index in [9.17, 15) is 14.4 Å². The van der Waals surface area contributed by atoms with Gasteiger partial charge in [-0.05, 0) is 36.8 Å². The molecule has 1 aromatic heterocycles. The van der Waals surface area contributed by atoms with E-state index < -0.39 is 11.8 Å². The summed E-state index contributed by atoms with van der Waals surface area (Å²) in [4.78, 5) is 43.5. The van der Waals surface area contributed by atoms with Crippen LogP contribution in [-0.4, -0.2) is 53.0 Å². The van der Waals surface area contributed by atoms with Gasteiger partial charge in [-0.25, -0.2) is 0 Å². The zero-order valence-electron chi connectivity index (χ0n) is 17.0. The smallest absolute Gasteiger partial charge is 0.261 e. The number of carbonyl (C=O) groups excluding carboxylic acids is 3. The number of aromatic nitrogens is 2. The predicted octanol–water partition coefficient (Wildman–Crippen LogP) is 2.93. The van der Waals surface area contributed by atoms with Gasteiger partial charge in [0.15, 0.2) is 0 Å². The maximum absolute atomic E-state index is 12.9. The lowest BCUT2D eigenvalue weighted by atomic mass is 10.0. The highest BCUT2D eigenvalue weighted by molar-refractivity contribution is 6.22. The van der Waals surface area contributed by atoms with Gasteiger partial charge in [0.25, 0.3) is 17.7 Å². The molecule has 4 rings (SSSR count). The van der Waals surface area contributed by atoms with Gasteiger partial charge in [-0.2, -0.15) is 4.98 Å². The van der Waals surface area contributed by atoms with E-state index in [2.05, 4.69) is 15.5 Å². The third-order valence-corrected chi connectivity index (χ3v) is 4.91. The summed E-state index contributed by atoms with van der Waals surface area (Å²) >= 11 is 0. The Labute approximate surface area is 178 Å². The number of nitrogens with one attached hydrogen (secondary N) is 1. The van der Waals surface area contributed by atoms with Crippen LogP contribution in [0.25, 0.3) is 11.4 Å². The SMILES string of the molecule is COCCCN1C(=O)c2ccc(C(=O)Nc3ccccc3-c3noc(C)n3)cc2C1=O. The summed E-state index contributed by atoms with van der Waals surface area (Å²) in [6.07, 6.45) is 0.543. The zero-order chi connectivity index (χ0) is 22.0. The van der Waals surface area contributed by atoms with Crippen molar-refractivity contribution in [1.82, 2.24) is 15.0 Å². The number of rotatable bonds is 7. The lowest BCUT2D eigenvalue weighted by Crippen LogP contribution is -2.31. The number of para-hydroxylation sites is 1. The molecule has 1 aliphatic heterocycles. The molecule has 31 heavy (non-hydrogen) atoms. The number of benzene rings is 2. The van der Waals surface area contributed by atoms with Gasteiger partial charge >= 0.3 is 0 Å². The molecule has 1 aliphatic rings. The number of imide groups is 1. The van der Waals surface area contributed by atoms with Gasteiger partial charge in [-0.3, -0.25) is 19.3 Å². The van der Waals surface area contributed by atoms with Gasteiger partial charge in [0, 0.05) is 38.3 Å². The van der Waals surface area contributed by atoms with E-state index in [1.54, 1.807) is 38.3 Å². The molecule has 2 aromatic carbocycles. The van der Waals surface area contributed by atoms with Crippen LogP contribution in [0.15, 0.2) is 47.0 Å². The van der Waals surface area contributed by atoms with E-state index >= 15 is 0 Å². The molecule has 2 heterocycles. The second-order valence-electron chi connectivity index (χ2n) is 7.01. The van der Waals surface area contributed by atoms with E-state index in [0.29, 0.717) is 41.6 Å². The number of nitrogens with zero attached hydrogens (tertiary/aromatic N) is 3. The maximum atomic E-state index is 12.9. The van der Waals surface area contributed by atoms with Crippen LogP contribution in [-0.2, 0) is 4.74 Å². The molecule has 0 radical (unpaired) electrons. The number of aryl methyl sites for hydroxylation is 1. The fraction of sp³-hybridized carbons (Fsp3) is 0.227. The number of methoxy groups -OCH3 is 1. The molecular weight excluding hydrogens is 400 g/mol. The Morgan fingerprint density at radius 1 is 1.10 bits per heavy atom. The average molecular weight is 420 g/mol. The molecule has 3 aromatic rings. The summed E-state index contributed by atoms with van der Waals surface area (Å²) in [5.74, 6) is -0.425. The molecule has 0 atom stereocenters. The minimum Gasteiger partial charge on any atom is -0.385 e. The Kier molecular flexibility index (Phi) is 5.59. The highest BCUT2D eigenvalue weighted by Crippen LogP contribution is 2.27. The van der Waals surface area contributed by atoms with Crippen LogP contribution in [0.4, 0.5) is 5.69 Å². The molecule has 9 nitrogen and oxygen atoms in total. The summed E-state index contributed by atoms with van der Waals surface area (Å²) in [6.45, 7) is 2.39. The van der Waals surface area contributed by atoms with Crippen molar-refractivity contribution in [3.63, 3.8) is 0 Å². The summed E-state index contributed by atoms with van der Waals surface area (Å²) in [7, 11) is 1.56. The average Bonchev–Trinajstić information content (AvgIpc) is 3.31. The molecular formula is C22H20N4O5. The standard InChI is InChI=1S/C22H20N4O5/c1-13-23-19(25-31-13)16-6-3-4-7-18(16)24-20(27)14-8-9-15-17(12-14)22(29)26(21(15)28)10-5-11-30-2/h3-4,6-9,12H,5,10-11H2,1-2H3,(H,24,27). The van der Waals surface area contributed by atoms with Crippen molar-refractivity contribution in [3.8, 4) is 11.4 Å². The third kappa shape index (κ3) is 3.95. The fourth-order valence-electron chi connectivity index (χ4n) is 3.39. The van der Waals surface area contributed by atoms with Crippen LogP contribution in [0.2, 0.25) is 0 Å². The Balaban J connectivity index is 1.56. The van der Waals surface area contributed by atoms with Crippen molar-refractivity contribution in [1.29, 1.82) is 0 Å². The van der Waals surface area contributed by atoms with Crippen molar-refractivity contribution in [3.05, 3.63) is 65.0 Å². The van der Waals surface area contributed by atoms with Gasteiger partial charge in [0.05, 0.1) is 16.8 Å². The number of carbonyl (C=O) groups is 3. The molecule has 0 spiro atoms. The Hall–Kier alpha value is -3.85. The van der Waals surface area contributed by atoms with Crippen molar-refractivity contribution in [2.75, 3.05) is 25.6 Å². The molecule has 0 fully saturated rings. The first-order valence-electron chi connectivity index (χ1n) is 9.70. The summed E-state index contributed by atoms with van der Waals surface area (Å²) in [5.41, 5.74) is 1.87. The van der Waals surface area contributed by atoms with Crippen LogP contribution in [0, 0.1) is 6.92 Å². The highest BCUT2D eigenvalue weighted by atomic mass is 16.5. The number of hydrogen-bond acceptors (Lipinski definition) is 7. The topological polar surface area (TPSA) is 115 Å². The van der Waals surface area contributed by atoms with Gasteiger partial charge in [0.1, 0.15) is 0 Å². The van der Waals surface area contributed by atoms with Gasteiger partial charge in [-0.15, -0.1) is 0 Å². The van der Waals surface area contributed by atoms with Crippen LogP contribution >= 0.6 is 0 Å². The largest absolute Gasteiger partial charge is 0.385 e. The summed E-state index contributed by atoms with van der Waals surface area (Å²) < 4.78 is 10.0. The molecule has 9 heteroatoms. The molecule has 0 unspecified atom stereocenters. The Morgan fingerprint density at radius 3 is 2.61 bits per heavy atom. The summed E-state index contributed by atoms with van der Waals surface area (Å²) in [6, 6.07) is 11.5. The van der Waals surface area contributed by atoms with Crippen LogP contribution in [0.1, 0.15) is 43.4 Å². The number of fused-ring (bicyclic) bond motifs is 1. The van der Waals surface area contributed by atoms with Crippen molar-refractivity contribution in [2.24, 2.45) is 0 Å². The predicted molar refractivity (Wildman–Crippen MR) is 111 cm³/mol. The van der Waals surface area contributed by atoms with Gasteiger partial charge in [0.2, 0.25) is 11.7 Å². The van der Waals surface area contributed by atoms with E-state index in [1.165, 1.54) is 23.1 Å². The second-order valence-corrected chi connectivity index (χ2v) is 7.01. The van der Waals surface area contributed by atoms with E-state index in [1.807, 2.05) is 0 Å². The van der Waals surface area contributed by atoms with E-state index in [4.69, 9.17) is 9.26 Å². The third-order valence-electron chi connectivity index (χ3n) is 4.91.